The molecule has 5 heteroatoms. The molecule has 0 saturated heterocycles. The first-order chi connectivity index (χ1) is 8.27. The van der Waals surface area contributed by atoms with Crippen molar-refractivity contribution in [3.8, 4) is 0 Å². The number of ether oxygens (including phenoxy) is 1. The van der Waals surface area contributed by atoms with E-state index in [2.05, 4.69) is 23.9 Å². The molecule has 106 valence electrons. The minimum atomic E-state index is -0.326. The van der Waals surface area contributed by atoms with Crippen molar-refractivity contribution in [3.63, 3.8) is 0 Å². The van der Waals surface area contributed by atoms with Gasteiger partial charge in [-0.3, -0.25) is 14.5 Å². The van der Waals surface area contributed by atoms with Crippen LogP contribution in [0, 0.1) is 5.92 Å². The van der Waals surface area contributed by atoms with Gasteiger partial charge >= 0.3 is 5.97 Å². The largest absolute Gasteiger partial charge is 0.468 e. The first kappa shape index (κ1) is 16.9. The Morgan fingerprint density at radius 3 is 2.06 bits per heavy atom. The summed E-state index contributed by atoms with van der Waals surface area (Å²) in [4.78, 5) is 24.9. The molecule has 1 unspecified atom stereocenters. The standard InChI is InChI=1S/C13H26N2O3/c1-9(2)11(5)14-12(16)7-15(10(3)4)8-13(17)18-6/h9-11H,7-8H2,1-6H3,(H,14,16). The summed E-state index contributed by atoms with van der Waals surface area (Å²) in [5.74, 6) is 0.00395. The minimum absolute atomic E-state index is 0.0613. The van der Waals surface area contributed by atoms with Crippen LogP contribution >= 0.6 is 0 Å². The summed E-state index contributed by atoms with van der Waals surface area (Å²) in [6.45, 7) is 10.3. The van der Waals surface area contributed by atoms with E-state index in [-0.39, 0.29) is 37.0 Å². The van der Waals surface area contributed by atoms with Crippen molar-refractivity contribution in [2.75, 3.05) is 20.2 Å². The molecule has 0 aliphatic carbocycles. The average molecular weight is 258 g/mol. The van der Waals surface area contributed by atoms with Crippen LogP contribution < -0.4 is 5.32 Å². The van der Waals surface area contributed by atoms with Crippen molar-refractivity contribution < 1.29 is 14.3 Å². The summed E-state index contributed by atoms with van der Waals surface area (Å²) < 4.78 is 4.62. The van der Waals surface area contributed by atoms with E-state index in [0.29, 0.717) is 5.92 Å². The Hall–Kier alpha value is -1.10. The highest BCUT2D eigenvalue weighted by Gasteiger charge is 2.19. The lowest BCUT2D eigenvalue weighted by molar-refractivity contribution is -0.142. The van der Waals surface area contributed by atoms with E-state index >= 15 is 0 Å². The van der Waals surface area contributed by atoms with Gasteiger partial charge in [-0.05, 0) is 26.7 Å². The zero-order chi connectivity index (χ0) is 14.3. The van der Waals surface area contributed by atoms with Crippen molar-refractivity contribution in [1.29, 1.82) is 0 Å². The van der Waals surface area contributed by atoms with Crippen molar-refractivity contribution >= 4 is 11.9 Å². The molecule has 1 atom stereocenters. The molecule has 1 N–H and O–H groups in total. The molecule has 0 bridgehead atoms. The van der Waals surface area contributed by atoms with Gasteiger partial charge in [0.15, 0.2) is 0 Å². The molecule has 0 radical (unpaired) electrons. The Balaban J connectivity index is 4.32. The SMILES string of the molecule is COC(=O)CN(CC(=O)NC(C)C(C)C)C(C)C. The third-order valence-electron chi connectivity index (χ3n) is 3.03. The number of esters is 1. The highest BCUT2D eigenvalue weighted by Crippen LogP contribution is 2.02. The van der Waals surface area contributed by atoms with Crippen LogP contribution in [-0.2, 0) is 14.3 Å². The maximum atomic E-state index is 11.8. The number of rotatable bonds is 7. The molecule has 0 rings (SSSR count). The fraction of sp³-hybridized carbons (Fsp3) is 0.846. The number of nitrogens with zero attached hydrogens (tertiary/aromatic N) is 1. The number of carbonyl (C=O) groups is 2. The zero-order valence-corrected chi connectivity index (χ0v) is 12.3. The third kappa shape index (κ3) is 6.59. The molecule has 0 aliphatic rings. The summed E-state index contributed by atoms with van der Waals surface area (Å²) >= 11 is 0. The summed E-state index contributed by atoms with van der Waals surface area (Å²) in [6.07, 6.45) is 0. The quantitative estimate of drug-likeness (QED) is 0.693. The van der Waals surface area contributed by atoms with Gasteiger partial charge in [0.05, 0.1) is 20.2 Å². The Morgan fingerprint density at radius 2 is 1.67 bits per heavy atom. The van der Waals surface area contributed by atoms with Crippen LogP contribution in [0.3, 0.4) is 0 Å². The van der Waals surface area contributed by atoms with Gasteiger partial charge in [0.1, 0.15) is 0 Å². The van der Waals surface area contributed by atoms with Gasteiger partial charge in [-0.2, -0.15) is 0 Å². The van der Waals surface area contributed by atoms with Crippen LogP contribution in [0.4, 0.5) is 0 Å². The molecular formula is C13H26N2O3. The molecule has 0 aromatic carbocycles. The highest BCUT2D eigenvalue weighted by molar-refractivity contribution is 5.79. The van der Waals surface area contributed by atoms with Gasteiger partial charge in [0, 0.05) is 12.1 Å². The van der Waals surface area contributed by atoms with Crippen LogP contribution in [0.2, 0.25) is 0 Å². The summed E-state index contributed by atoms with van der Waals surface area (Å²) in [5, 5.41) is 2.92. The molecule has 0 aliphatic heterocycles. The summed E-state index contributed by atoms with van der Waals surface area (Å²) in [6, 6.07) is 0.244. The number of hydrogen-bond acceptors (Lipinski definition) is 4. The lowest BCUT2D eigenvalue weighted by Gasteiger charge is -2.26. The zero-order valence-electron chi connectivity index (χ0n) is 12.3. The molecule has 0 aromatic rings. The predicted molar refractivity (Wildman–Crippen MR) is 71.2 cm³/mol. The number of amides is 1. The molecule has 0 heterocycles. The van der Waals surface area contributed by atoms with Crippen molar-refractivity contribution in [1.82, 2.24) is 10.2 Å². The van der Waals surface area contributed by atoms with Gasteiger partial charge in [-0.1, -0.05) is 13.8 Å². The van der Waals surface area contributed by atoms with Crippen LogP contribution in [0.1, 0.15) is 34.6 Å². The Morgan fingerprint density at radius 1 is 1.11 bits per heavy atom. The second-order valence-corrected chi connectivity index (χ2v) is 5.18. The van der Waals surface area contributed by atoms with Crippen LogP contribution in [0.25, 0.3) is 0 Å². The number of nitrogens with one attached hydrogen (secondary N) is 1. The minimum Gasteiger partial charge on any atom is -0.468 e. The van der Waals surface area contributed by atoms with Gasteiger partial charge < -0.3 is 10.1 Å². The average Bonchev–Trinajstić information content (AvgIpc) is 2.27. The van der Waals surface area contributed by atoms with E-state index in [1.54, 1.807) is 4.90 Å². The predicted octanol–water partition coefficient (Wildman–Crippen LogP) is 1.03. The van der Waals surface area contributed by atoms with E-state index in [9.17, 15) is 9.59 Å². The Kier molecular flexibility index (Phi) is 7.59. The molecule has 5 nitrogen and oxygen atoms in total. The summed E-state index contributed by atoms with van der Waals surface area (Å²) in [5.41, 5.74) is 0. The smallest absolute Gasteiger partial charge is 0.319 e. The fourth-order valence-corrected chi connectivity index (χ4v) is 1.30. The number of carbonyl (C=O) groups excluding carboxylic acids is 2. The maximum Gasteiger partial charge on any atom is 0.319 e. The summed E-state index contributed by atoms with van der Waals surface area (Å²) in [7, 11) is 1.35. The Bertz CT molecular complexity index is 277. The fourth-order valence-electron chi connectivity index (χ4n) is 1.30. The van der Waals surface area contributed by atoms with Gasteiger partial charge in [0.25, 0.3) is 0 Å². The first-order valence-electron chi connectivity index (χ1n) is 6.38. The molecule has 1 amide bonds. The number of methoxy groups -OCH3 is 1. The normalized spacial score (nSPS) is 12.9. The van der Waals surface area contributed by atoms with Crippen LogP contribution in [-0.4, -0.2) is 49.1 Å². The van der Waals surface area contributed by atoms with Gasteiger partial charge in [-0.15, -0.1) is 0 Å². The second-order valence-electron chi connectivity index (χ2n) is 5.18. The maximum absolute atomic E-state index is 11.8. The van der Waals surface area contributed by atoms with Crippen molar-refractivity contribution in [3.05, 3.63) is 0 Å². The first-order valence-corrected chi connectivity index (χ1v) is 6.38. The number of hydrogen-bond donors (Lipinski definition) is 1. The third-order valence-corrected chi connectivity index (χ3v) is 3.03. The van der Waals surface area contributed by atoms with Crippen molar-refractivity contribution in [2.24, 2.45) is 5.92 Å². The second kappa shape index (κ2) is 8.08. The van der Waals surface area contributed by atoms with Crippen LogP contribution in [0.5, 0.6) is 0 Å². The molecule has 0 fully saturated rings. The molecular weight excluding hydrogens is 232 g/mol. The topological polar surface area (TPSA) is 58.6 Å². The molecule has 0 saturated carbocycles. The van der Waals surface area contributed by atoms with Gasteiger partial charge in [-0.25, -0.2) is 0 Å². The van der Waals surface area contributed by atoms with Crippen molar-refractivity contribution in [2.45, 2.75) is 46.7 Å². The highest BCUT2D eigenvalue weighted by atomic mass is 16.5. The van der Waals surface area contributed by atoms with E-state index in [4.69, 9.17) is 0 Å². The van der Waals surface area contributed by atoms with E-state index in [1.165, 1.54) is 7.11 Å². The Labute approximate surface area is 110 Å². The van der Waals surface area contributed by atoms with Gasteiger partial charge in [0.2, 0.25) is 5.91 Å². The van der Waals surface area contributed by atoms with E-state index in [1.807, 2.05) is 20.8 Å². The van der Waals surface area contributed by atoms with Crippen LogP contribution in [0.15, 0.2) is 0 Å². The lowest BCUT2D eigenvalue weighted by atomic mass is 10.1. The van der Waals surface area contributed by atoms with E-state index < -0.39 is 0 Å². The molecule has 0 aromatic heterocycles. The molecule has 18 heavy (non-hydrogen) atoms. The monoisotopic (exact) mass is 258 g/mol. The molecule has 0 spiro atoms. The van der Waals surface area contributed by atoms with E-state index in [0.717, 1.165) is 0 Å². The lowest BCUT2D eigenvalue weighted by Crippen LogP contribution is -2.46.